The van der Waals surface area contributed by atoms with Crippen LogP contribution in [0.4, 0.5) is 0 Å². The van der Waals surface area contributed by atoms with Gasteiger partial charge >= 0.3 is 5.97 Å². The number of hydrogen-bond donors (Lipinski definition) is 2. The monoisotopic (exact) mass is 221 g/mol. The second-order valence-corrected chi connectivity index (χ2v) is 4.21. The highest BCUT2D eigenvalue weighted by atomic mass is 16.4. The molecule has 0 aliphatic carbocycles. The van der Waals surface area contributed by atoms with Crippen molar-refractivity contribution in [2.75, 3.05) is 0 Å². The Hall–Kier alpha value is -1.35. The third kappa shape index (κ3) is 3.35. The molecule has 1 aromatic carbocycles. The van der Waals surface area contributed by atoms with E-state index in [9.17, 15) is 4.79 Å². The first-order valence-corrected chi connectivity index (χ1v) is 5.56. The first kappa shape index (κ1) is 12.7. The van der Waals surface area contributed by atoms with Crippen LogP contribution in [0.25, 0.3) is 0 Å². The van der Waals surface area contributed by atoms with Crippen LogP contribution in [0.2, 0.25) is 0 Å². The SMILES string of the molecule is CC(NC(C)C(C)c1ccccc1)C(=O)O. The van der Waals surface area contributed by atoms with Crippen molar-refractivity contribution in [3.8, 4) is 0 Å². The van der Waals surface area contributed by atoms with Gasteiger partial charge in [-0.15, -0.1) is 0 Å². The molecule has 1 rings (SSSR count). The van der Waals surface area contributed by atoms with E-state index in [-0.39, 0.29) is 6.04 Å². The van der Waals surface area contributed by atoms with E-state index in [2.05, 4.69) is 24.4 Å². The van der Waals surface area contributed by atoms with Crippen molar-refractivity contribution < 1.29 is 9.90 Å². The summed E-state index contributed by atoms with van der Waals surface area (Å²) in [6.45, 7) is 5.77. The van der Waals surface area contributed by atoms with Gasteiger partial charge in [0.15, 0.2) is 0 Å². The fourth-order valence-electron chi connectivity index (χ4n) is 1.66. The summed E-state index contributed by atoms with van der Waals surface area (Å²) in [5.41, 5.74) is 1.22. The Bertz CT molecular complexity index is 337. The van der Waals surface area contributed by atoms with Gasteiger partial charge in [0, 0.05) is 6.04 Å². The number of nitrogens with one attached hydrogen (secondary N) is 1. The molecule has 1 aromatic rings. The lowest BCUT2D eigenvalue weighted by molar-refractivity contribution is -0.139. The summed E-state index contributed by atoms with van der Waals surface area (Å²) in [7, 11) is 0. The molecule has 88 valence electrons. The first-order chi connectivity index (χ1) is 7.52. The zero-order valence-electron chi connectivity index (χ0n) is 9.97. The molecule has 0 bridgehead atoms. The molecule has 0 saturated heterocycles. The van der Waals surface area contributed by atoms with Crippen LogP contribution in [0.5, 0.6) is 0 Å². The van der Waals surface area contributed by atoms with Crippen molar-refractivity contribution in [2.45, 2.75) is 38.8 Å². The van der Waals surface area contributed by atoms with Crippen molar-refractivity contribution in [3.05, 3.63) is 35.9 Å². The average molecular weight is 221 g/mol. The molecule has 0 aliphatic heterocycles. The van der Waals surface area contributed by atoms with Gasteiger partial charge in [-0.2, -0.15) is 0 Å². The minimum absolute atomic E-state index is 0.133. The molecule has 0 saturated carbocycles. The van der Waals surface area contributed by atoms with Crippen LogP contribution in [0.15, 0.2) is 30.3 Å². The summed E-state index contributed by atoms with van der Waals surface area (Å²) in [5, 5.41) is 11.9. The fraction of sp³-hybridized carbons (Fsp3) is 0.462. The number of hydrogen-bond acceptors (Lipinski definition) is 2. The van der Waals surface area contributed by atoms with Gasteiger partial charge in [0.25, 0.3) is 0 Å². The third-order valence-electron chi connectivity index (χ3n) is 2.96. The Kier molecular flexibility index (Phi) is 4.50. The summed E-state index contributed by atoms with van der Waals surface area (Å²) in [6.07, 6.45) is 0. The summed E-state index contributed by atoms with van der Waals surface area (Å²) in [5.74, 6) is -0.518. The molecule has 3 atom stereocenters. The number of benzene rings is 1. The van der Waals surface area contributed by atoms with E-state index >= 15 is 0 Å². The maximum atomic E-state index is 10.7. The van der Waals surface area contributed by atoms with Gasteiger partial charge in [-0.25, -0.2) is 0 Å². The Labute approximate surface area is 96.5 Å². The highest BCUT2D eigenvalue weighted by Crippen LogP contribution is 2.18. The Morgan fingerprint density at radius 1 is 1.19 bits per heavy atom. The second kappa shape index (κ2) is 5.66. The highest BCUT2D eigenvalue weighted by molar-refractivity contribution is 5.72. The maximum Gasteiger partial charge on any atom is 0.320 e. The van der Waals surface area contributed by atoms with Crippen LogP contribution in [-0.4, -0.2) is 23.2 Å². The lowest BCUT2D eigenvalue weighted by Gasteiger charge is -2.23. The molecular weight excluding hydrogens is 202 g/mol. The molecule has 3 nitrogen and oxygen atoms in total. The predicted octanol–water partition coefficient (Wildman–Crippen LogP) is 2.24. The average Bonchev–Trinajstić information content (AvgIpc) is 2.28. The lowest BCUT2D eigenvalue weighted by atomic mass is 9.94. The number of carbonyl (C=O) groups is 1. The van der Waals surface area contributed by atoms with E-state index in [4.69, 9.17) is 5.11 Å². The fourth-order valence-corrected chi connectivity index (χ4v) is 1.66. The van der Waals surface area contributed by atoms with E-state index in [0.717, 1.165) is 0 Å². The van der Waals surface area contributed by atoms with Crippen molar-refractivity contribution in [3.63, 3.8) is 0 Å². The molecule has 0 radical (unpaired) electrons. The summed E-state index contributed by atoms with van der Waals surface area (Å²) in [6, 6.07) is 9.73. The van der Waals surface area contributed by atoms with E-state index in [1.807, 2.05) is 25.1 Å². The van der Waals surface area contributed by atoms with Crippen LogP contribution in [0, 0.1) is 0 Å². The largest absolute Gasteiger partial charge is 0.480 e. The van der Waals surface area contributed by atoms with E-state index in [1.54, 1.807) is 6.92 Å². The van der Waals surface area contributed by atoms with E-state index in [1.165, 1.54) is 5.56 Å². The Balaban J connectivity index is 2.61. The zero-order valence-corrected chi connectivity index (χ0v) is 9.97. The highest BCUT2D eigenvalue weighted by Gasteiger charge is 2.19. The second-order valence-electron chi connectivity index (χ2n) is 4.21. The van der Waals surface area contributed by atoms with E-state index < -0.39 is 12.0 Å². The number of rotatable bonds is 5. The summed E-state index contributed by atoms with van der Waals surface area (Å²) < 4.78 is 0. The third-order valence-corrected chi connectivity index (χ3v) is 2.96. The van der Waals surface area contributed by atoms with Crippen LogP contribution >= 0.6 is 0 Å². The quantitative estimate of drug-likeness (QED) is 0.801. The van der Waals surface area contributed by atoms with Gasteiger partial charge in [0.2, 0.25) is 0 Å². The van der Waals surface area contributed by atoms with Gasteiger partial charge in [-0.3, -0.25) is 4.79 Å². The lowest BCUT2D eigenvalue weighted by Crippen LogP contribution is -2.42. The van der Waals surface area contributed by atoms with Gasteiger partial charge < -0.3 is 10.4 Å². The molecule has 3 unspecified atom stereocenters. The van der Waals surface area contributed by atoms with Crippen LogP contribution in [0.1, 0.15) is 32.3 Å². The Morgan fingerprint density at radius 3 is 2.25 bits per heavy atom. The van der Waals surface area contributed by atoms with Gasteiger partial charge in [-0.1, -0.05) is 37.3 Å². The number of aliphatic carboxylic acids is 1. The van der Waals surface area contributed by atoms with E-state index in [0.29, 0.717) is 5.92 Å². The van der Waals surface area contributed by atoms with Gasteiger partial charge in [-0.05, 0) is 25.3 Å². The molecule has 0 fully saturated rings. The van der Waals surface area contributed by atoms with Crippen molar-refractivity contribution >= 4 is 5.97 Å². The standard InChI is InChI=1S/C13H19NO2/c1-9(12-7-5-4-6-8-12)10(2)14-11(3)13(15)16/h4-11,14H,1-3H3,(H,15,16). The summed E-state index contributed by atoms with van der Waals surface area (Å²) in [4.78, 5) is 10.7. The number of carboxylic acid groups (broad SMARTS) is 1. The van der Waals surface area contributed by atoms with Crippen molar-refractivity contribution in [1.29, 1.82) is 0 Å². The van der Waals surface area contributed by atoms with Gasteiger partial charge in [0.1, 0.15) is 6.04 Å². The molecule has 3 heteroatoms. The molecule has 0 aliphatic rings. The van der Waals surface area contributed by atoms with Crippen molar-refractivity contribution in [1.82, 2.24) is 5.32 Å². The smallest absolute Gasteiger partial charge is 0.320 e. The molecular formula is C13H19NO2. The Morgan fingerprint density at radius 2 is 1.75 bits per heavy atom. The normalized spacial score (nSPS) is 16.4. The minimum Gasteiger partial charge on any atom is -0.480 e. The van der Waals surface area contributed by atoms with Crippen LogP contribution in [0.3, 0.4) is 0 Å². The maximum absolute atomic E-state index is 10.7. The molecule has 0 amide bonds. The summed E-state index contributed by atoms with van der Waals surface area (Å²) >= 11 is 0. The predicted molar refractivity (Wildman–Crippen MR) is 64.6 cm³/mol. The molecule has 0 spiro atoms. The number of carboxylic acids is 1. The van der Waals surface area contributed by atoms with Gasteiger partial charge in [0.05, 0.1) is 0 Å². The molecule has 0 heterocycles. The molecule has 16 heavy (non-hydrogen) atoms. The molecule has 0 aromatic heterocycles. The zero-order chi connectivity index (χ0) is 12.1. The molecule has 2 N–H and O–H groups in total. The van der Waals surface area contributed by atoms with Crippen LogP contribution in [-0.2, 0) is 4.79 Å². The topological polar surface area (TPSA) is 49.3 Å². The van der Waals surface area contributed by atoms with Crippen LogP contribution < -0.4 is 5.32 Å². The van der Waals surface area contributed by atoms with Crippen molar-refractivity contribution in [2.24, 2.45) is 0 Å². The minimum atomic E-state index is -0.813. The first-order valence-electron chi connectivity index (χ1n) is 5.56.